The maximum atomic E-state index is 11.6. The minimum Gasteiger partial charge on any atom is -0.302 e. The number of carbonyl (C=O) groups is 1. The molecule has 3 aromatic rings. The van der Waals surface area contributed by atoms with E-state index in [0.717, 1.165) is 38.4 Å². The highest BCUT2D eigenvalue weighted by atomic mass is 32.1. The summed E-state index contributed by atoms with van der Waals surface area (Å²) in [5.74, 6) is 0.0115. The fraction of sp³-hybridized carbons (Fsp3) is 0.333. The van der Waals surface area contributed by atoms with Crippen LogP contribution in [-0.2, 0) is 11.3 Å². The van der Waals surface area contributed by atoms with Crippen LogP contribution < -0.4 is 5.32 Å². The van der Waals surface area contributed by atoms with Gasteiger partial charge in [-0.05, 0) is 11.1 Å². The van der Waals surface area contributed by atoms with Gasteiger partial charge >= 0.3 is 0 Å². The molecule has 1 aliphatic rings. The molecule has 1 fully saturated rings. The average molecular weight is 421 g/mol. The first-order chi connectivity index (χ1) is 14.7. The molecular weight excluding hydrogens is 392 g/mol. The van der Waals surface area contributed by atoms with Crippen molar-refractivity contribution in [2.75, 3.05) is 31.5 Å². The van der Waals surface area contributed by atoms with Gasteiger partial charge in [-0.3, -0.25) is 14.6 Å². The third-order valence-corrected chi connectivity index (χ3v) is 6.31. The Morgan fingerprint density at radius 2 is 1.60 bits per heavy atom. The normalized spacial score (nSPS) is 15.4. The summed E-state index contributed by atoms with van der Waals surface area (Å²) in [6.45, 7) is 6.71. The number of carbonyl (C=O) groups excluding carboxylic acids is 1. The number of benzene rings is 2. The van der Waals surface area contributed by atoms with Gasteiger partial charge in [-0.2, -0.15) is 0 Å². The Labute approximate surface area is 182 Å². The molecule has 0 bridgehead atoms. The van der Waals surface area contributed by atoms with E-state index in [4.69, 9.17) is 0 Å². The summed E-state index contributed by atoms with van der Waals surface area (Å²) in [4.78, 5) is 21.2. The summed E-state index contributed by atoms with van der Waals surface area (Å²) in [5, 5.41) is 5.60. The van der Waals surface area contributed by atoms with Gasteiger partial charge in [0, 0.05) is 44.5 Å². The molecule has 5 nitrogen and oxygen atoms in total. The topological polar surface area (TPSA) is 48.5 Å². The molecule has 0 radical (unpaired) electrons. The summed E-state index contributed by atoms with van der Waals surface area (Å²) in [6, 6.07) is 21.8. The minimum absolute atomic E-state index is 0.0115. The molecule has 0 unspecified atom stereocenters. The number of aromatic nitrogens is 1. The second-order valence-electron chi connectivity index (χ2n) is 7.58. The summed E-state index contributed by atoms with van der Waals surface area (Å²) < 4.78 is 0. The van der Waals surface area contributed by atoms with Gasteiger partial charge in [0.1, 0.15) is 0 Å². The lowest BCUT2D eigenvalue weighted by Crippen LogP contribution is -2.47. The average Bonchev–Trinajstić information content (AvgIpc) is 3.23. The first-order valence-corrected chi connectivity index (χ1v) is 11.4. The van der Waals surface area contributed by atoms with Crippen molar-refractivity contribution in [2.24, 2.45) is 0 Å². The van der Waals surface area contributed by atoms with Crippen LogP contribution >= 0.6 is 11.3 Å². The number of hydrogen-bond acceptors (Lipinski definition) is 5. The SMILES string of the molecule is CCC(=O)Nc1nc(CN2CCN(C(c3ccccc3)c3ccccc3)CC2)cs1. The summed E-state index contributed by atoms with van der Waals surface area (Å²) in [6.07, 6.45) is 0.473. The Morgan fingerprint density at radius 3 is 2.17 bits per heavy atom. The monoisotopic (exact) mass is 420 g/mol. The first-order valence-electron chi connectivity index (χ1n) is 10.5. The summed E-state index contributed by atoms with van der Waals surface area (Å²) >= 11 is 1.50. The Kier molecular flexibility index (Phi) is 6.89. The largest absolute Gasteiger partial charge is 0.302 e. The lowest BCUT2D eigenvalue weighted by molar-refractivity contribution is -0.115. The summed E-state index contributed by atoms with van der Waals surface area (Å²) in [7, 11) is 0. The van der Waals surface area contributed by atoms with E-state index >= 15 is 0 Å². The van der Waals surface area contributed by atoms with Crippen molar-refractivity contribution in [1.29, 1.82) is 0 Å². The molecule has 4 rings (SSSR count). The Morgan fingerprint density at radius 1 is 1.00 bits per heavy atom. The highest BCUT2D eigenvalue weighted by Gasteiger charge is 2.26. The van der Waals surface area contributed by atoms with Crippen LogP contribution in [0.5, 0.6) is 0 Å². The van der Waals surface area contributed by atoms with Crippen molar-refractivity contribution < 1.29 is 4.79 Å². The maximum Gasteiger partial charge on any atom is 0.225 e. The van der Waals surface area contributed by atoms with Crippen molar-refractivity contribution in [1.82, 2.24) is 14.8 Å². The van der Waals surface area contributed by atoms with E-state index in [-0.39, 0.29) is 11.9 Å². The van der Waals surface area contributed by atoms with E-state index in [1.807, 2.05) is 12.3 Å². The number of rotatable bonds is 7. The lowest BCUT2D eigenvalue weighted by atomic mass is 9.96. The Bertz CT molecular complexity index is 897. The molecule has 6 heteroatoms. The molecule has 0 spiro atoms. The fourth-order valence-electron chi connectivity index (χ4n) is 3.94. The van der Waals surface area contributed by atoms with E-state index in [1.165, 1.54) is 22.5 Å². The second kappa shape index (κ2) is 9.98. The van der Waals surface area contributed by atoms with Crippen LogP contribution in [0.4, 0.5) is 5.13 Å². The molecule has 30 heavy (non-hydrogen) atoms. The highest BCUT2D eigenvalue weighted by molar-refractivity contribution is 7.13. The molecule has 1 amide bonds. The van der Waals surface area contributed by atoms with Gasteiger partial charge in [-0.25, -0.2) is 4.98 Å². The number of nitrogens with zero attached hydrogens (tertiary/aromatic N) is 3. The molecule has 1 aromatic heterocycles. The predicted molar refractivity (Wildman–Crippen MR) is 123 cm³/mol. The number of anilines is 1. The number of piperazine rings is 1. The fourth-order valence-corrected chi connectivity index (χ4v) is 4.66. The third-order valence-electron chi connectivity index (χ3n) is 5.51. The van der Waals surface area contributed by atoms with Crippen LogP contribution in [0.3, 0.4) is 0 Å². The van der Waals surface area contributed by atoms with Crippen LogP contribution in [0.2, 0.25) is 0 Å². The zero-order chi connectivity index (χ0) is 20.8. The molecular formula is C24H28N4OS. The molecule has 0 aliphatic carbocycles. The van der Waals surface area contributed by atoms with Gasteiger partial charge in [0.15, 0.2) is 5.13 Å². The van der Waals surface area contributed by atoms with Crippen LogP contribution in [0.25, 0.3) is 0 Å². The molecule has 0 atom stereocenters. The van der Waals surface area contributed by atoms with Gasteiger partial charge in [0.2, 0.25) is 5.91 Å². The van der Waals surface area contributed by atoms with Crippen LogP contribution in [-0.4, -0.2) is 46.9 Å². The van der Waals surface area contributed by atoms with E-state index in [1.54, 1.807) is 0 Å². The van der Waals surface area contributed by atoms with Gasteiger partial charge in [-0.1, -0.05) is 67.6 Å². The number of thiazole rings is 1. The third kappa shape index (κ3) is 5.14. The maximum absolute atomic E-state index is 11.6. The van der Waals surface area contributed by atoms with Crippen LogP contribution in [0.15, 0.2) is 66.0 Å². The van der Waals surface area contributed by atoms with Crippen molar-refractivity contribution in [2.45, 2.75) is 25.9 Å². The smallest absolute Gasteiger partial charge is 0.225 e. The molecule has 1 aliphatic heterocycles. The number of amides is 1. The molecule has 2 heterocycles. The molecule has 1 N–H and O–H groups in total. The quantitative estimate of drug-likeness (QED) is 0.616. The lowest BCUT2D eigenvalue weighted by Gasteiger charge is -2.39. The molecule has 156 valence electrons. The standard InChI is InChI=1S/C24H28N4OS/c1-2-22(29)26-24-25-21(18-30-24)17-27-13-15-28(16-14-27)23(19-9-5-3-6-10-19)20-11-7-4-8-12-20/h3-12,18,23H,2,13-17H2,1H3,(H,25,26,29). The zero-order valence-electron chi connectivity index (χ0n) is 17.3. The van der Waals surface area contributed by atoms with Crippen molar-refractivity contribution in [3.05, 3.63) is 82.9 Å². The van der Waals surface area contributed by atoms with E-state index in [2.05, 4.69) is 80.8 Å². The van der Waals surface area contributed by atoms with Crippen molar-refractivity contribution >= 4 is 22.4 Å². The molecule has 0 saturated carbocycles. The molecule has 1 saturated heterocycles. The number of hydrogen-bond donors (Lipinski definition) is 1. The highest BCUT2D eigenvalue weighted by Crippen LogP contribution is 2.29. The predicted octanol–water partition coefficient (Wildman–Crippen LogP) is 4.40. The summed E-state index contributed by atoms with van der Waals surface area (Å²) in [5.41, 5.74) is 3.71. The number of nitrogens with one attached hydrogen (secondary N) is 1. The van der Waals surface area contributed by atoms with Crippen LogP contribution in [0.1, 0.15) is 36.2 Å². The zero-order valence-corrected chi connectivity index (χ0v) is 18.1. The van der Waals surface area contributed by atoms with Gasteiger partial charge in [0.05, 0.1) is 11.7 Å². The second-order valence-corrected chi connectivity index (χ2v) is 8.44. The van der Waals surface area contributed by atoms with Crippen LogP contribution in [0, 0.1) is 0 Å². The van der Waals surface area contributed by atoms with Crippen molar-refractivity contribution in [3.8, 4) is 0 Å². The minimum atomic E-state index is 0.0115. The van der Waals surface area contributed by atoms with Gasteiger partial charge < -0.3 is 5.32 Å². The van der Waals surface area contributed by atoms with Gasteiger partial charge in [0.25, 0.3) is 0 Å². The van der Waals surface area contributed by atoms with Crippen molar-refractivity contribution in [3.63, 3.8) is 0 Å². The Hall–Kier alpha value is -2.54. The first kappa shape index (κ1) is 20.7. The van der Waals surface area contributed by atoms with Gasteiger partial charge in [-0.15, -0.1) is 11.3 Å². The van der Waals surface area contributed by atoms with E-state index < -0.39 is 0 Å². The van der Waals surface area contributed by atoms with E-state index in [0.29, 0.717) is 11.6 Å². The molecule has 2 aromatic carbocycles. The van der Waals surface area contributed by atoms with E-state index in [9.17, 15) is 4.79 Å². The Balaban J connectivity index is 1.39.